The first-order valence-electron chi connectivity index (χ1n) is 20.2. The molecule has 0 unspecified atom stereocenters. The van der Waals surface area contributed by atoms with Gasteiger partial charge in [-0.05, 0) is 116 Å². The van der Waals surface area contributed by atoms with E-state index >= 15 is 0 Å². The monoisotopic (exact) mass is 751 g/mol. The van der Waals surface area contributed by atoms with E-state index in [1.807, 2.05) is 12.1 Å². The van der Waals surface area contributed by atoms with Crippen molar-refractivity contribution in [2.24, 2.45) is 0 Å². The van der Waals surface area contributed by atoms with Crippen molar-refractivity contribution >= 4 is 87.2 Å². The first-order chi connectivity index (χ1) is 29.3. The fraction of sp³-hybridized carbons (Fsp3) is 0. The zero-order valence-corrected chi connectivity index (χ0v) is 31.8. The molecule has 0 saturated carbocycles. The summed E-state index contributed by atoms with van der Waals surface area (Å²) in [5.41, 5.74) is 14.1. The van der Waals surface area contributed by atoms with Crippen LogP contribution >= 0.6 is 0 Å². The Kier molecular flexibility index (Phi) is 6.72. The molecule has 3 heteroatoms. The largest absolute Gasteiger partial charge is 0.456 e. The Bertz CT molecular complexity index is 3790. The Labute approximate surface area is 338 Å². The molecule has 0 fully saturated rings. The van der Waals surface area contributed by atoms with Crippen molar-refractivity contribution in [1.29, 1.82) is 0 Å². The van der Waals surface area contributed by atoms with Crippen molar-refractivity contribution in [3.05, 3.63) is 200 Å². The van der Waals surface area contributed by atoms with Gasteiger partial charge >= 0.3 is 0 Å². The number of hydrogen-bond donors (Lipinski definition) is 0. The van der Waals surface area contributed by atoms with Gasteiger partial charge < -0.3 is 13.4 Å². The molecular weight excluding hydrogens is 719 g/mol. The lowest BCUT2D eigenvalue weighted by atomic mass is 9.83. The summed E-state index contributed by atoms with van der Waals surface area (Å²) < 4.78 is 15.7. The first-order valence-corrected chi connectivity index (χ1v) is 20.2. The Balaban J connectivity index is 1.02. The van der Waals surface area contributed by atoms with Gasteiger partial charge in [-0.1, -0.05) is 140 Å². The highest BCUT2D eigenvalue weighted by molar-refractivity contribution is 6.25. The molecule has 10 aromatic carbocycles. The van der Waals surface area contributed by atoms with Gasteiger partial charge in [0.15, 0.2) is 0 Å². The lowest BCUT2D eigenvalue weighted by molar-refractivity contribution is 0.669. The number of nitrogens with zero attached hydrogens (tertiary/aromatic N) is 1. The molecule has 0 spiro atoms. The van der Waals surface area contributed by atoms with E-state index in [0.717, 1.165) is 82.7 Å². The van der Waals surface area contributed by atoms with Gasteiger partial charge in [-0.15, -0.1) is 0 Å². The van der Waals surface area contributed by atoms with Gasteiger partial charge in [0, 0.05) is 32.6 Å². The molecule has 0 aliphatic heterocycles. The fourth-order valence-corrected chi connectivity index (χ4v) is 9.87. The third-order valence-electron chi connectivity index (χ3n) is 12.4. The summed E-state index contributed by atoms with van der Waals surface area (Å²) in [5.74, 6) is 0. The maximum atomic E-state index is 6.96. The Morgan fingerprint density at radius 1 is 0.305 bits per heavy atom. The van der Waals surface area contributed by atoms with Gasteiger partial charge in [-0.25, -0.2) is 0 Å². The van der Waals surface area contributed by atoms with Gasteiger partial charge in [0.25, 0.3) is 0 Å². The third-order valence-corrected chi connectivity index (χ3v) is 12.4. The van der Waals surface area contributed by atoms with E-state index in [-0.39, 0.29) is 0 Å². The fourth-order valence-electron chi connectivity index (χ4n) is 9.87. The van der Waals surface area contributed by atoms with Gasteiger partial charge in [0.1, 0.15) is 22.3 Å². The zero-order chi connectivity index (χ0) is 38.6. The molecule has 3 nitrogen and oxygen atoms in total. The summed E-state index contributed by atoms with van der Waals surface area (Å²) in [7, 11) is 0. The Morgan fingerprint density at radius 2 is 0.831 bits per heavy atom. The topological polar surface area (TPSA) is 31.2 Å². The van der Waals surface area contributed by atoms with E-state index in [0.29, 0.717) is 0 Å². The minimum Gasteiger partial charge on any atom is -0.456 e. The van der Waals surface area contributed by atoms with Crippen molar-refractivity contribution in [2.45, 2.75) is 0 Å². The van der Waals surface area contributed by atoms with Crippen LogP contribution in [0.2, 0.25) is 0 Å². The van der Waals surface area contributed by atoms with Crippen LogP contribution in [0, 0.1) is 0 Å². The third kappa shape index (κ3) is 4.64. The van der Waals surface area contributed by atoms with Crippen LogP contribution in [0.1, 0.15) is 0 Å². The number of furan rings is 2. The van der Waals surface area contributed by atoms with Gasteiger partial charge in [-0.3, -0.25) is 0 Å². The van der Waals surface area contributed by atoms with E-state index in [4.69, 9.17) is 8.83 Å². The van der Waals surface area contributed by atoms with Crippen molar-refractivity contribution in [1.82, 2.24) is 4.57 Å². The Morgan fingerprint density at radius 3 is 1.59 bits per heavy atom. The summed E-state index contributed by atoms with van der Waals surface area (Å²) >= 11 is 0. The van der Waals surface area contributed by atoms with Crippen molar-refractivity contribution < 1.29 is 8.83 Å². The quantitative estimate of drug-likeness (QED) is 0.168. The lowest BCUT2D eigenvalue weighted by Crippen LogP contribution is -1.92. The average Bonchev–Trinajstić information content (AvgIpc) is 3.97. The molecule has 0 amide bonds. The maximum Gasteiger partial charge on any atom is 0.145 e. The summed E-state index contributed by atoms with van der Waals surface area (Å²) in [6, 6.07) is 71.9. The molecule has 0 aliphatic carbocycles. The molecule has 0 bridgehead atoms. The molecule has 3 aromatic heterocycles. The predicted octanol–water partition coefficient (Wildman–Crippen LogP) is 15.9. The molecule has 274 valence electrons. The van der Waals surface area contributed by atoms with E-state index in [2.05, 4.69) is 193 Å². The molecular formula is C56H33NO2. The second kappa shape index (κ2) is 12.3. The normalized spacial score (nSPS) is 12.1. The average molecular weight is 752 g/mol. The lowest BCUT2D eigenvalue weighted by Gasteiger charge is -2.19. The molecule has 0 aliphatic rings. The molecule has 13 aromatic rings. The summed E-state index contributed by atoms with van der Waals surface area (Å²) in [5, 5.41) is 11.7. The summed E-state index contributed by atoms with van der Waals surface area (Å²) in [6.07, 6.45) is 0. The van der Waals surface area contributed by atoms with Crippen LogP contribution < -0.4 is 0 Å². The first kappa shape index (κ1) is 32.2. The van der Waals surface area contributed by atoms with E-state index in [9.17, 15) is 0 Å². The second-order valence-corrected chi connectivity index (χ2v) is 15.5. The highest BCUT2D eigenvalue weighted by atomic mass is 16.3. The number of rotatable bonds is 4. The second-order valence-electron chi connectivity index (χ2n) is 15.5. The van der Waals surface area contributed by atoms with Gasteiger partial charge in [-0.2, -0.15) is 0 Å². The number of aromatic nitrogens is 1. The molecule has 0 atom stereocenters. The molecule has 3 heterocycles. The standard InChI is InChI=1S/C56H33NO2/c1-2-14-36(15-3-1)57-48-24-12-10-23-47(48)55-49(57)31-30-46-40-28-26-34(32-52(40)59-56(46)55)37-16-4-5-18-41(37)54-44-21-8-6-19-42(44)53(43-20-7-9-22-45(43)54)35-27-29-39-38-17-11-13-25-50(38)58-51(39)33-35/h1-33H. The molecule has 13 rings (SSSR count). The van der Waals surface area contributed by atoms with Crippen LogP contribution in [0.25, 0.3) is 126 Å². The van der Waals surface area contributed by atoms with E-state index in [1.54, 1.807) is 0 Å². The van der Waals surface area contributed by atoms with Crippen LogP contribution in [0.3, 0.4) is 0 Å². The summed E-state index contributed by atoms with van der Waals surface area (Å²) in [4.78, 5) is 0. The minimum atomic E-state index is 0.877. The molecule has 59 heavy (non-hydrogen) atoms. The number of fused-ring (bicyclic) bond motifs is 12. The molecule has 0 radical (unpaired) electrons. The van der Waals surface area contributed by atoms with Crippen molar-refractivity contribution in [3.63, 3.8) is 0 Å². The zero-order valence-electron chi connectivity index (χ0n) is 31.8. The van der Waals surface area contributed by atoms with Gasteiger partial charge in [0.05, 0.1) is 16.4 Å². The van der Waals surface area contributed by atoms with Crippen LogP contribution in [0.15, 0.2) is 209 Å². The smallest absolute Gasteiger partial charge is 0.145 e. The Hall–Kier alpha value is -7.88. The SMILES string of the molecule is c1ccc(-n2c3ccccc3c3c4oc5cc(-c6ccccc6-c6c7ccccc7c(-c7ccc8c(c7)oc7ccccc78)c7ccccc67)ccc5c4ccc32)cc1. The molecule has 0 saturated heterocycles. The summed E-state index contributed by atoms with van der Waals surface area (Å²) in [6.45, 7) is 0. The highest BCUT2D eigenvalue weighted by Gasteiger charge is 2.22. The minimum absolute atomic E-state index is 0.877. The number of para-hydroxylation sites is 3. The van der Waals surface area contributed by atoms with Crippen LogP contribution in [0.4, 0.5) is 0 Å². The predicted molar refractivity (Wildman–Crippen MR) is 247 cm³/mol. The van der Waals surface area contributed by atoms with Crippen molar-refractivity contribution in [3.8, 4) is 39.1 Å². The van der Waals surface area contributed by atoms with Gasteiger partial charge in [0.2, 0.25) is 0 Å². The maximum absolute atomic E-state index is 6.96. The van der Waals surface area contributed by atoms with Crippen LogP contribution in [0.5, 0.6) is 0 Å². The number of benzene rings is 10. The number of hydrogen-bond acceptors (Lipinski definition) is 2. The molecule has 0 N–H and O–H groups in total. The van der Waals surface area contributed by atoms with E-state index in [1.165, 1.54) is 43.6 Å². The van der Waals surface area contributed by atoms with Crippen LogP contribution in [-0.4, -0.2) is 4.57 Å². The highest BCUT2D eigenvalue weighted by Crippen LogP contribution is 2.48. The van der Waals surface area contributed by atoms with Crippen LogP contribution in [-0.2, 0) is 0 Å². The van der Waals surface area contributed by atoms with Crippen molar-refractivity contribution in [2.75, 3.05) is 0 Å². The van der Waals surface area contributed by atoms with E-state index < -0.39 is 0 Å².